The van der Waals surface area contributed by atoms with E-state index in [-0.39, 0.29) is 46.4 Å². The summed E-state index contributed by atoms with van der Waals surface area (Å²) in [5.74, 6) is -1.75. The highest BCUT2D eigenvalue weighted by molar-refractivity contribution is 6.40. The number of nitriles is 1. The Balaban J connectivity index is 1.71. The van der Waals surface area contributed by atoms with E-state index in [2.05, 4.69) is 15.6 Å². The minimum atomic E-state index is -1.22. The number of hydrogen-bond donors (Lipinski definition) is 3. The highest BCUT2D eigenvalue weighted by Gasteiger charge is 2.28. The molecule has 0 spiro atoms. The van der Waals surface area contributed by atoms with Crippen molar-refractivity contribution in [3.8, 4) is 6.07 Å². The van der Waals surface area contributed by atoms with E-state index >= 15 is 0 Å². The van der Waals surface area contributed by atoms with Crippen LogP contribution in [0.3, 0.4) is 0 Å². The normalized spacial score (nSPS) is 11.5. The zero-order valence-corrected chi connectivity index (χ0v) is 19.9. The number of rotatable bonds is 10. The maximum absolute atomic E-state index is 12.5. The monoisotopic (exact) mass is 515 g/mol. The van der Waals surface area contributed by atoms with Gasteiger partial charge in [-0.2, -0.15) is 5.26 Å². The molecule has 180 valence electrons. The molecule has 0 aliphatic carbocycles. The second-order valence-electron chi connectivity index (χ2n) is 7.58. The maximum Gasteiger partial charge on any atom is 0.326 e. The van der Waals surface area contributed by atoms with E-state index in [0.717, 1.165) is 0 Å². The van der Waals surface area contributed by atoms with Crippen LogP contribution < -0.4 is 26.4 Å². The molecule has 0 bridgehead atoms. The number of benzene rings is 1. The number of nitrogens with zero attached hydrogens (tertiary/aromatic N) is 3. The molecule has 0 fully saturated rings. The molecule has 35 heavy (non-hydrogen) atoms. The molecule has 3 rings (SSSR count). The van der Waals surface area contributed by atoms with Crippen molar-refractivity contribution in [1.82, 2.24) is 4.98 Å². The Bertz CT molecular complexity index is 1360. The second kappa shape index (κ2) is 11.0. The third-order valence-electron chi connectivity index (χ3n) is 5.17. The van der Waals surface area contributed by atoms with Gasteiger partial charge < -0.3 is 20.6 Å². The molecular formula is C23H19Cl2N5O5. The van der Waals surface area contributed by atoms with Crippen LogP contribution in [0.1, 0.15) is 22.3 Å². The summed E-state index contributed by atoms with van der Waals surface area (Å²) in [7, 11) is 1.55. The Hall–Kier alpha value is -3.94. The van der Waals surface area contributed by atoms with E-state index in [0.29, 0.717) is 11.3 Å². The van der Waals surface area contributed by atoms with Crippen LogP contribution in [0.5, 0.6) is 0 Å². The molecule has 1 aromatic heterocycles. The van der Waals surface area contributed by atoms with Gasteiger partial charge in [0.25, 0.3) is 16.8 Å². The molecule has 10 nitrogen and oxygen atoms in total. The highest BCUT2D eigenvalue weighted by atomic mass is 35.5. The molecule has 12 heteroatoms. The summed E-state index contributed by atoms with van der Waals surface area (Å²) < 4.78 is 0. The number of aliphatic carboxylic acids is 1. The molecule has 3 N–H and O–H groups in total. The number of pyridine rings is 1. The standard InChI is InChI=1S/C23H19Cl2N5O5/c1-30(8-2-7-26)19-18(20(31)21(19)32)29-16(23(34)35)9-12-3-5-13(6-4-12)28-22(33)17-14(24)10-27-11-15(17)25/h3-6,10-11,16,29H,2,8-9H2,1H3,(H,28,33)(H,34,35)/t16-/m0/s1. The largest absolute Gasteiger partial charge is 0.480 e. The van der Waals surface area contributed by atoms with Crippen LogP contribution in [0.15, 0.2) is 46.2 Å². The third kappa shape index (κ3) is 5.77. The molecule has 0 aliphatic heterocycles. The number of carboxylic acids is 1. The van der Waals surface area contributed by atoms with Crippen molar-refractivity contribution in [3.05, 3.63) is 78.3 Å². The van der Waals surface area contributed by atoms with Gasteiger partial charge in [0.05, 0.1) is 28.1 Å². The van der Waals surface area contributed by atoms with Crippen LogP contribution in [0.2, 0.25) is 10.0 Å². The molecule has 0 saturated heterocycles. The second-order valence-corrected chi connectivity index (χ2v) is 8.39. The average Bonchev–Trinajstić information content (AvgIpc) is 2.82. The average molecular weight is 516 g/mol. The number of halogens is 2. The van der Waals surface area contributed by atoms with Crippen LogP contribution in [0.4, 0.5) is 17.1 Å². The molecule has 0 unspecified atom stereocenters. The Labute approximate surface area is 209 Å². The first-order valence-corrected chi connectivity index (χ1v) is 11.0. The van der Waals surface area contributed by atoms with Crippen LogP contribution in [0.25, 0.3) is 0 Å². The number of nitrogens with one attached hydrogen (secondary N) is 2. The number of carbonyl (C=O) groups excluding carboxylic acids is 1. The van der Waals surface area contributed by atoms with Crippen molar-refractivity contribution >= 4 is 52.1 Å². The van der Waals surface area contributed by atoms with Gasteiger partial charge in [-0.3, -0.25) is 19.4 Å². The Morgan fingerprint density at radius 1 is 1.14 bits per heavy atom. The molecular weight excluding hydrogens is 497 g/mol. The first-order chi connectivity index (χ1) is 16.6. The number of carbonyl (C=O) groups is 2. The lowest BCUT2D eigenvalue weighted by molar-refractivity contribution is -0.137. The molecule has 1 amide bonds. The third-order valence-corrected chi connectivity index (χ3v) is 5.75. The molecule has 0 radical (unpaired) electrons. The minimum Gasteiger partial charge on any atom is -0.480 e. The van der Waals surface area contributed by atoms with E-state index in [1.807, 2.05) is 6.07 Å². The first kappa shape index (κ1) is 25.7. The smallest absolute Gasteiger partial charge is 0.326 e. The van der Waals surface area contributed by atoms with Crippen molar-refractivity contribution in [2.75, 3.05) is 29.1 Å². The Morgan fingerprint density at radius 3 is 2.34 bits per heavy atom. The first-order valence-electron chi connectivity index (χ1n) is 10.2. The summed E-state index contributed by atoms with van der Waals surface area (Å²) in [6, 6.07) is 7.14. The number of aromatic nitrogens is 1. The van der Waals surface area contributed by atoms with Crippen LogP contribution >= 0.6 is 23.2 Å². The fourth-order valence-corrected chi connectivity index (χ4v) is 3.90. The number of anilines is 3. The van der Waals surface area contributed by atoms with Gasteiger partial charge in [0.2, 0.25) is 0 Å². The predicted octanol–water partition coefficient (Wildman–Crippen LogP) is 2.69. The highest BCUT2D eigenvalue weighted by Crippen LogP contribution is 2.25. The number of amides is 1. The summed E-state index contributed by atoms with van der Waals surface area (Å²) in [4.78, 5) is 53.6. The molecule has 1 atom stereocenters. The van der Waals surface area contributed by atoms with Crippen molar-refractivity contribution < 1.29 is 14.7 Å². The maximum atomic E-state index is 12.5. The zero-order chi connectivity index (χ0) is 25.7. The number of carboxylic acid groups (broad SMARTS) is 1. The Kier molecular flexibility index (Phi) is 8.06. The molecule has 2 aromatic carbocycles. The van der Waals surface area contributed by atoms with Gasteiger partial charge in [-0.25, -0.2) is 4.79 Å². The van der Waals surface area contributed by atoms with Crippen LogP contribution in [0, 0.1) is 11.3 Å². The van der Waals surface area contributed by atoms with Gasteiger partial charge in [0.15, 0.2) is 0 Å². The van der Waals surface area contributed by atoms with Crippen molar-refractivity contribution in [2.45, 2.75) is 18.9 Å². The van der Waals surface area contributed by atoms with Crippen LogP contribution in [-0.2, 0) is 11.2 Å². The molecule has 0 aliphatic rings. The van der Waals surface area contributed by atoms with E-state index < -0.39 is 28.8 Å². The summed E-state index contributed by atoms with van der Waals surface area (Å²) >= 11 is 12.0. The summed E-state index contributed by atoms with van der Waals surface area (Å²) in [6.45, 7) is 0.219. The molecule has 0 saturated carbocycles. The van der Waals surface area contributed by atoms with E-state index in [1.165, 1.54) is 17.3 Å². The van der Waals surface area contributed by atoms with E-state index in [9.17, 15) is 24.3 Å². The van der Waals surface area contributed by atoms with Crippen molar-refractivity contribution in [3.63, 3.8) is 0 Å². The predicted molar refractivity (Wildman–Crippen MR) is 132 cm³/mol. The van der Waals surface area contributed by atoms with Gasteiger partial charge in [0.1, 0.15) is 17.4 Å². The fraction of sp³-hybridized carbons (Fsp3) is 0.217. The van der Waals surface area contributed by atoms with Gasteiger partial charge in [-0.1, -0.05) is 35.3 Å². The van der Waals surface area contributed by atoms with E-state index in [1.54, 1.807) is 31.3 Å². The van der Waals surface area contributed by atoms with Crippen molar-refractivity contribution in [2.24, 2.45) is 0 Å². The fourth-order valence-electron chi connectivity index (χ4n) is 3.36. The number of hydrogen-bond acceptors (Lipinski definition) is 8. The summed E-state index contributed by atoms with van der Waals surface area (Å²) in [5.41, 5.74) is -0.465. The quantitative estimate of drug-likeness (QED) is 0.345. The molecule has 1 heterocycles. The van der Waals surface area contributed by atoms with Gasteiger partial charge in [-0.05, 0) is 17.7 Å². The molecule has 3 aromatic rings. The SMILES string of the molecule is CN(CCC#N)c1c(N[C@@H](Cc2ccc(NC(=O)c3c(Cl)cncc3Cl)cc2)C(=O)O)c(=O)c1=O. The van der Waals surface area contributed by atoms with Crippen LogP contribution in [-0.4, -0.2) is 41.6 Å². The van der Waals surface area contributed by atoms with Crippen molar-refractivity contribution in [1.29, 1.82) is 5.26 Å². The lowest BCUT2D eigenvalue weighted by atomic mass is 10.0. The van der Waals surface area contributed by atoms with Gasteiger partial charge in [-0.15, -0.1) is 0 Å². The zero-order valence-electron chi connectivity index (χ0n) is 18.3. The topological polar surface area (TPSA) is 152 Å². The summed E-state index contributed by atoms with van der Waals surface area (Å²) in [6.07, 6.45) is 2.73. The summed E-state index contributed by atoms with van der Waals surface area (Å²) in [5, 5.41) is 23.9. The Morgan fingerprint density at radius 2 is 1.77 bits per heavy atom. The van der Waals surface area contributed by atoms with E-state index in [4.69, 9.17) is 28.5 Å². The van der Waals surface area contributed by atoms with Gasteiger partial charge in [0, 0.05) is 38.1 Å². The lowest BCUT2D eigenvalue weighted by Gasteiger charge is -2.25. The van der Waals surface area contributed by atoms with Gasteiger partial charge >= 0.3 is 5.97 Å². The lowest BCUT2D eigenvalue weighted by Crippen LogP contribution is -2.45. The minimum absolute atomic E-state index is 0.00820.